The average molecular weight is 568 g/mol. The van der Waals surface area contributed by atoms with Gasteiger partial charge in [0.25, 0.3) is 0 Å². The van der Waals surface area contributed by atoms with Gasteiger partial charge in [-0.3, -0.25) is 0 Å². The van der Waals surface area contributed by atoms with Crippen LogP contribution in [0.1, 0.15) is 39.5 Å². The first-order valence-electron chi connectivity index (χ1n) is 4.61. The molecule has 0 saturated carbocycles. The largest absolute Gasteiger partial charge is 2.00 e. The minimum absolute atomic E-state index is 0. The van der Waals surface area contributed by atoms with Gasteiger partial charge in [-0.25, -0.2) is 0 Å². The molecule has 116 valence electrons. The molecule has 2 atom stereocenters. The molecule has 20 heavy (non-hydrogen) atoms. The second-order valence-corrected chi connectivity index (χ2v) is 6.09. The van der Waals surface area contributed by atoms with Gasteiger partial charge in [0.15, 0.2) is 0 Å². The first-order valence-corrected chi connectivity index (χ1v) is 10.5. The zero-order valence-electron chi connectivity index (χ0n) is 13.2. The van der Waals surface area contributed by atoms with E-state index in [0.717, 1.165) is 0 Å². The van der Waals surface area contributed by atoms with Crippen molar-refractivity contribution in [3.63, 3.8) is 0 Å². The Labute approximate surface area is 225 Å². The van der Waals surface area contributed by atoms with E-state index >= 15 is 0 Å². The molecule has 0 radical (unpaired) electrons. The fraction of sp³-hybridized carbons (Fsp3) is 0.800. The molecule has 0 N–H and O–H groups in total. The zero-order chi connectivity index (χ0) is 10.9. The minimum atomic E-state index is -0.556. The molecule has 0 aromatic carbocycles. The van der Waals surface area contributed by atoms with Crippen LogP contribution in [0.15, 0.2) is 0 Å². The predicted molar refractivity (Wildman–Crippen MR) is 83.5 cm³/mol. The van der Waals surface area contributed by atoms with E-state index < -0.39 is 17.0 Å². The maximum Gasteiger partial charge on any atom is 2.00 e. The third-order valence-corrected chi connectivity index (χ3v) is 1.93. The van der Waals surface area contributed by atoms with E-state index in [2.05, 4.69) is 32.3 Å². The maximum absolute atomic E-state index is 4.89. The molecular formula is C10H28Cl2P2Ti6. The van der Waals surface area contributed by atoms with E-state index in [1.54, 1.807) is 0 Å². The average Bonchev–Trinajstić information content (AvgIpc) is 2.09. The van der Waals surface area contributed by atoms with Crippen molar-refractivity contribution in [3.05, 3.63) is 14.9 Å². The van der Waals surface area contributed by atoms with Crippen LogP contribution in [0.5, 0.6) is 0 Å². The van der Waals surface area contributed by atoms with Crippen LogP contribution < -0.4 is 0 Å². The second kappa shape index (κ2) is 85.9. The van der Waals surface area contributed by atoms with Crippen LogP contribution in [0.3, 0.4) is 0 Å². The SMILES string of the molecule is CCCCP.CCCCP.[CH3-].[CH3-].[Cl][Ti][Cl].[Ti+2].[Ti].[Ti].[Ti].[Ti]. The Morgan fingerprint density at radius 1 is 0.750 bits per heavy atom. The van der Waals surface area contributed by atoms with Gasteiger partial charge in [-0.1, -0.05) is 39.5 Å². The fourth-order valence-electron chi connectivity index (χ4n) is 0.408. The molecule has 0 saturated heterocycles. The molecule has 0 aromatic rings. The predicted octanol–water partition coefficient (Wildman–Crippen LogP) is 5.59. The molecule has 0 rings (SSSR count). The van der Waals surface area contributed by atoms with E-state index in [9.17, 15) is 0 Å². The van der Waals surface area contributed by atoms with Crippen molar-refractivity contribution in [3.8, 4) is 0 Å². The Morgan fingerprint density at radius 3 is 0.900 bits per heavy atom. The molecule has 0 amide bonds. The van der Waals surface area contributed by atoms with Crippen molar-refractivity contribution in [1.82, 2.24) is 0 Å². The summed E-state index contributed by atoms with van der Waals surface area (Å²) in [5, 5.41) is 0. The fourth-order valence-corrected chi connectivity index (χ4v) is 1.22. The van der Waals surface area contributed by atoms with Gasteiger partial charge >= 0.3 is 57.4 Å². The summed E-state index contributed by atoms with van der Waals surface area (Å²) in [6, 6.07) is 0. The van der Waals surface area contributed by atoms with Crippen molar-refractivity contribution in [2.45, 2.75) is 39.5 Å². The molecule has 10 heteroatoms. The number of hydrogen-bond acceptors (Lipinski definition) is 0. The van der Waals surface area contributed by atoms with Crippen LogP contribution in [0.25, 0.3) is 0 Å². The van der Waals surface area contributed by atoms with Crippen LogP contribution >= 0.6 is 37.1 Å². The number of halogens is 2. The summed E-state index contributed by atoms with van der Waals surface area (Å²) in [7, 11) is 15.2. The molecular weight excluding hydrogens is 540 g/mol. The third-order valence-electron chi connectivity index (χ3n) is 1.12. The Morgan fingerprint density at radius 2 is 0.900 bits per heavy atom. The van der Waals surface area contributed by atoms with Crippen LogP contribution in [-0.4, -0.2) is 12.3 Å². The van der Waals surface area contributed by atoms with Crippen LogP contribution in [0, 0.1) is 14.9 Å². The van der Waals surface area contributed by atoms with Crippen LogP contribution in [0.2, 0.25) is 0 Å². The van der Waals surface area contributed by atoms with Crippen LogP contribution in [0.4, 0.5) is 0 Å². The van der Waals surface area contributed by atoms with E-state index in [1.807, 2.05) is 0 Å². The Bertz CT molecular complexity index is 63.0. The van der Waals surface area contributed by atoms with Crippen molar-refractivity contribution in [2.75, 3.05) is 12.3 Å². The topological polar surface area (TPSA) is 0 Å². The van der Waals surface area contributed by atoms with Gasteiger partial charge < -0.3 is 14.9 Å². The molecule has 0 spiro atoms. The van der Waals surface area contributed by atoms with Crippen molar-refractivity contribution in [1.29, 1.82) is 0 Å². The number of rotatable bonds is 4. The van der Waals surface area contributed by atoms with Gasteiger partial charge in [0, 0.05) is 86.9 Å². The first kappa shape index (κ1) is 63.6. The van der Waals surface area contributed by atoms with E-state index in [-0.39, 0.29) is 123 Å². The molecule has 0 heterocycles. The van der Waals surface area contributed by atoms with E-state index in [1.165, 1.54) is 38.0 Å². The van der Waals surface area contributed by atoms with E-state index in [0.29, 0.717) is 0 Å². The molecule has 0 aliphatic rings. The van der Waals surface area contributed by atoms with Gasteiger partial charge in [-0.15, -0.1) is 18.5 Å². The van der Waals surface area contributed by atoms with Gasteiger partial charge in [0.05, 0.1) is 0 Å². The number of hydrogen-bond donors (Lipinski definition) is 0. The summed E-state index contributed by atoms with van der Waals surface area (Å²) in [5.74, 6) is 0. The van der Waals surface area contributed by atoms with Gasteiger partial charge in [0.2, 0.25) is 0 Å². The van der Waals surface area contributed by atoms with Gasteiger partial charge in [0.1, 0.15) is 0 Å². The normalized spacial score (nSPS) is 4.90. The Kier molecular flexibility index (Phi) is 273. The Balaban J connectivity index is -0.00000000814. The van der Waals surface area contributed by atoms with Crippen molar-refractivity contribution < 1.29 is 126 Å². The van der Waals surface area contributed by atoms with E-state index in [4.69, 9.17) is 18.6 Å². The summed E-state index contributed by atoms with van der Waals surface area (Å²) in [6.07, 6.45) is 7.87. The number of unbranched alkanes of at least 4 members (excludes halogenated alkanes) is 2. The van der Waals surface area contributed by atoms with Crippen molar-refractivity contribution >= 4 is 37.1 Å². The summed E-state index contributed by atoms with van der Waals surface area (Å²) >= 11 is -0.556. The molecule has 0 aromatic heterocycles. The van der Waals surface area contributed by atoms with Crippen molar-refractivity contribution in [2.24, 2.45) is 0 Å². The Hall–Kier alpha value is 5.73. The molecule has 0 nitrogen and oxygen atoms in total. The summed E-state index contributed by atoms with van der Waals surface area (Å²) in [4.78, 5) is 0. The summed E-state index contributed by atoms with van der Waals surface area (Å²) in [6.45, 7) is 4.40. The smallest absolute Gasteiger partial charge is 0 e. The van der Waals surface area contributed by atoms with Crippen LogP contribution in [-0.2, 0) is 126 Å². The molecule has 0 bridgehead atoms. The quantitative estimate of drug-likeness (QED) is 0.236. The maximum atomic E-state index is 4.89. The molecule has 0 aliphatic heterocycles. The molecule has 0 fully saturated rings. The van der Waals surface area contributed by atoms with Gasteiger partial charge in [-0.2, -0.15) is 0 Å². The summed E-state index contributed by atoms with van der Waals surface area (Å²) in [5.41, 5.74) is 0. The standard InChI is InChI=1S/2C4H11P.2CH3.2ClH.6Ti/c2*1-2-3-4-5;;;;;;;;;;/h2*2-5H2,1H3;2*1H3;2*1H;;;;;;/q;;2*-1;;;;;;;2*+2/p-2. The molecule has 2 unspecified atom stereocenters. The zero-order valence-corrected chi connectivity index (χ0v) is 26.3. The second-order valence-electron chi connectivity index (χ2n) is 2.36. The third kappa shape index (κ3) is 130. The monoisotopic (exact) mass is 568 g/mol. The first-order chi connectivity index (χ1) is 6.24. The van der Waals surface area contributed by atoms with Gasteiger partial charge in [-0.05, 0) is 12.3 Å². The summed E-state index contributed by atoms with van der Waals surface area (Å²) < 4.78 is 0. The molecule has 0 aliphatic carbocycles. The minimum Gasteiger partial charge on any atom is 0 e.